The summed E-state index contributed by atoms with van der Waals surface area (Å²) >= 11 is 2.56. The Labute approximate surface area is 229 Å². The number of benzene rings is 2. The lowest BCUT2D eigenvalue weighted by molar-refractivity contribution is 0.380. The Morgan fingerprint density at radius 3 is 0.914 bits per heavy atom. The molecule has 0 amide bonds. The summed E-state index contributed by atoms with van der Waals surface area (Å²) in [7, 11) is 3.62. The Balaban J connectivity index is 2.96. The Morgan fingerprint density at radius 2 is 0.771 bits per heavy atom. The van der Waals surface area contributed by atoms with Crippen LogP contribution in [0.2, 0.25) is 0 Å². The third kappa shape index (κ3) is 6.56. The highest BCUT2D eigenvalue weighted by atomic mass is 127. The van der Waals surface area contributed by atoms with Gasteiger partial charge in [0.15, 0.2) is 0 Å². The van der Waals surface area contributed by atoms with Gasteiger partial charge < -0.3 is 9.47 Å². The Morgan fingerprint density at radius 1 is 0.543 bits per heavy atom. The number of alkyl halides is 1. The molecule has 2 aromatic rings. The van der Waals surface area contributed by atoms with Crippen molar-refractivity contribution in [3.05, 3.63) is 57.6 Å². The number of methoxy groups -OCH3 is 2. The van der Waals surface area contributed by atoms with Gasteiger partial charge in [0.05, 0.1) is 14.2 Å². The smallest absolute Gasteiger partial charge is 0.126 e. The molecular weight excluding hydrogens is 543 g/mol. The monoisotopic (exact) mass is 592 g/mol. The molecule has 0 saturated carbocycles. The molecule has 0 heterocycles. The summed E-state index contributed by atoms with van der Waals surface area (Å²) in [6.45, 7) is 27.4. The van der Waals surface area contributed by atoms with Crippen molar-refractivity contribution in [3.8, 4) is 11.5 Å². The van der Waals surface area contributed by atoms with Crippen LogP contribution >= 0.6 is 22.6 Å². The number of hydrogen-bond donors (Lipinski definition) is 0. The SMILES string of the molecule is COc1c(C(C)(C)C)cc(C(CI)c2cc(C(C)(C)C)c(OC)c(C(C)(C)C)c2)cc1C(C)(C)C. The van der Waals surface area contributed by atoms with Crippen LogP contribution in [0.1, 0.15) is 122 Å². The molecule has 0 aliphatic rings. The minimum Gasteiger partial charge on any atom is -0.496 e. The molecule has 0 bridgehead atoms. The van der Waals surface area contributed by atoms with E-state index in [2.05, 4.69) is 130 Å². The fourth-order valence-corrected chi connectivity index (χ4v) is 5.76. The zero-order valence-corrected chi connectivity index (χ0v) is 26.9. The van der Waals surface area contributed by atoms with Crippen molar-refractivity contribution in [3.63, 3.8) is 0 Å². The molecule has 0 aromatic heterocycles. The predicted octanol–water partition coefficient (Wildman–Crippen LogP) is 9.46. The van der Waals surface area contributed by atoms with E-state index in [1.807, 2.05) is 14.2 Å². The van der Waals surface area contributed by atoms with Crippen LogP contribution < -0.4 is 9.47 Å². The van der Waals surface area contributed by atoms with Crippen molar-refractivity contribution in [2.24, 2.45) is 0 Å². The molecular formula is C32H49IO2. The molecule has 0 N–H and O–H groups in total. The highest BCUT2D eigenvalue weighted by Gasteiger charge is 2.32. The lowest BCUT2D eigenvalue weighted by Gasteiger charge is -2.33. The van der Waals surface area contributed by atoms with E-state index in [0.717, 1.165) is 15.9 Å². The third-order valence-electron chi connectivity index (χ3n) is 6.82. The van der Waals surface area contributed by atoms with Gasteiger partial charge in [-0.3, -0.25) is 0 Å². The first kappa shape index (κ1) is 30.0. The molecule has 196 valence electrons. The third-order valence-corrected chi connectivity index (χ3v) is 7.70. The van der Waals surface area contributed by atoms with Gasteiger partial charge >= 0.3 is 0 Å². The molecule has 0 atom stereocenters. The van der Waals surface area contributed by atoms with Gasteiger partial charge in [-0.25, -0.2) is 0 Å². The van der Waals surface area contributed by atoms with Crippen molar-refractivity contribution in [1.82, 2.24) is 0 Å². The van der Waals surface area contributed by atoms with Crippen LogP contribution in [-0.4, -0.2) is 18.6 Å². The summed E-state index contributed by atoms with van der Waals surface area (Å²) in [6.07, 6.45) is 0. The molecule has 0 spiro atoms. The summed E-state index contributed by atoms with van der Waals surface area (Å²) in [6, 6.07) is 9.59. The maximum absolute atomic E-state index is 6.04. The summed E-state index contributed by atoms with van der Waals surface area (Å²) < 4.78 is 13.1. The molecule has 2 rings (SSSR count). The minimum absolute atomic E-state index is 0.0236. The molecule has 2 aromatic carbocycles. The van der Waals surface area contributed by atoms with Crippen molar-refractivity contribution in [2.75, 3.05) is 18.6 Å². The second-order valence-electron chi connectivity index (χ2n) is 14.0. The Bertz CT molecular complexity index is 884. The van der Waals surface area contributed by atoms with E-state index in [1.54, 1.807) is 0 Å². The van der Waals surface area contributed by atoms with Gasteiger partial charge in [-0.15, -0.1) is 0 Å². The standard InChI is InChI=1S/C32H49IO2/c1-29(2,3)23-15-20(16-24(27(23)34-13)30(4,5)6)22(19-33)21-17-25(31(7,8)9)28(35-14)26(18-21)32(10,11)12/h15-18,22H,19H2,1-14H3. The first-order valence-electron chi connectivity index (χ1n) is 12.8. The fraction of sp³-hybridized carbons (Fsp3) is 0.625. The van der Waals surface area contributed by atoms with Gasteiger partial charge in [0.2, 0.25) is 0 Å². The Hall–Kier alpha value is -1.23. The predicted molar refractivity (Wildman–Crippen MR) is 162 cm³/mol. The highest BCUT2D eigenvalue weighted by molar-refractivity contribution is 14.1. The first-order chi connectivity index (χ1) is 15.8. The number of hydrogen-bond acceptors (Lipinski definition) is 2. The van der Waals surface area contributed by atoms with E-state index in [-0.39, 0.29) is 27.6 Å². The van der Waals surface area contributed by atoms with Crippen molar-refractivity contribution < 1.29 is 9.47 Å². The largest absolute Gasteiger partial charge is 0.496 e. The fourth-order valence-electron chi connectivity index (χ4n) is 4.74. The van der Waals surface area contributed by atoms with Gasteiger partial charge in [-0.1, -0.05) is 130 Å². The number of ether oxygens (including phenoxy) is 2. The van der Waals surface area contributed by atoms with Crippen LogP contribution in [0.25, 0.3) is 0 Å². The van der Waals surface area contributed by atoms with E-state index in [4.69, 9.17) is 9.47 Å². The molecule has 0 fully saturated rings. The van der Waals surface area contributed by atoms with E-state index in [1.165, 1.54) is 33.4 Å². The second-order valence-corrected chi connectivity index (χ2v) is 14.9. The summed E-state index contributed by atoms with van der Waals surface area (Å²) in [5.74, 6) is 2.33. The summed E-state index contributed by atoms with van der Waals surface area (Å²) in [5, 5.41) is 0. The average Bonchev–Trinajstić information content (AvgIpc) is 2.70. The molecule has 0 aliphatic heterocycles. The van der Waals surface area contributed by atoms with E-state index in [9.17, 15) is 0 Å². The van der Waals surface area contributed by atoms with Gasteiger partial charge in [0, 0.05) is 32.6 Å². The maximum atomic E-state index is 6.04. The van der Waals surface area contributed by atoms with Crippen molar-refractivity contribution >= 4 is 22.6 Å². The van der Waals surface area contributed by atoms with E-state index in [0.29, 0.717) is 0 Å². The van der Waals surface area contributed by atoms with Gasteiger partial charge in [0.25, 0.3) is 0 Å². The normalized spacial score (nSPS) is 13.4. The minimum atomic E-state index is -0.0236. The van der Waals surface area contributed by atoms with Gasteiger partial charge in [-0.2, -0.15) is 0 Å². The molecule has 3 heteroatoms. The first-order valence-corrected chi connectivity index (χ1v) is 14.3. The summed E-state index contributed by atoms with van der Waals surface area (Å²) in [5.41, 5.74) is 7.73. The van der Waals surface area contributed by atoms with Crippen LogP contribution in [0.4, 0.5) is 0 Å². The lowest BCUT2D eigenvalue weighted by atomic mass is 9.74. The molecule has 2 nitrogen and oxygen atoms in total. The highest BCUT2D eigenvalue weighted by Crippen LogP contribution is 2.46. The number of rotatable bonds is 5. The van der Waals surface area contributed by atoms with Crippen molar-refractivity contribution in [1.29, 1.82) is 0 Å². The lowest BCUT2D eigenvalue weighted by Crippen LogP contribution is -2.22. The van der Waals surface area contributed by atoms with Crippen LogP contribution in [0.5, 0.6) is 11.5 Å². The van der Waals surface area contributed by atoms with E-state index < -0.39 is 0 Å². The molecule has 0 saturated heterocycles. The van der Waals surface area contributed by atoms with Crippen LogP contribution in [-0.2, 0) is 21.7 Å². The molecule has 0 radical (unpaired) electrons. The molecule has 0 aliphatic carbocycles. The van der Waals surface area contributed by atoms with Crippen LogP contribution in [0.15, 0.2) is 24.3 Å². The Kier molecular flexibility index (Phi) is 8.80. The number of halogens is 1. The average molecular weight is 593 g/mol. The van der Waals surface area contributed by atoms with Crippen LogP contribution in [0.3, 0.4) is 0 Å². The molecule has 35 heavy (non-hydrogen) atoms. The zero-order chi connectivity index (χ0) is 27.1. The molecule has 0 unspecified atom stereocenters. The maximum Gasteiger partial charge on any atom is 0.126 e. The topological polar surface area (TPSA) is 18.5 Å². The van der Waals surface area contributed by atoms with Crippen LogP contribution in [0, 0.1) is 0 Å². The second kappa shape index (κ2) is 10.3. The quantitative estimate of drug-likeness (QED) is 0.254. The van der Waals surface area contributed by atoms with E-state index >= 15 is 0 Å². The van der Waals surface area contributed by atoms with Gasteiger partial charge in [0.1, 0.15) is 11.5 Å². The van der Waals surface area contributed by atoms with Gasteiger partial charge in [-0.05, 0) is 32.8 Å². The van der Waals surface area contributed by atoms with Crippen molar-refractivity contribution in [2.45, 2.75) is 111 Å². The summed E-state index contributed by atoms with van der Waals surface area (Å²) in [4.78, 5) is 0. The zero-order valence-electron chi connectivity index (χ0n) is 24.8.